The Bertz CT molecular complexity index is 339. The number of carbonyl (C=O) groups excluding carboxylic acids is 1. The van der Waals surface area contributed by atoms with Crippen LogP contribution in [0.15, 0.2) is 0 Å². The van der Waals surface area contributed by atoms with Gasteiger partial charge in [-0.15, -0.1) is 0 Å². The van der Waals surface area contributed by atoms with Crippen LogP contribution in [0.5, 0.6) is 0 Å². The fourth-order valence-corrected chi connectivity index (χ4v) is 1.80. The molecule has 0 radical (unpaired) electrons. The number of alkyl halides is 1. The van der Waals surface area contributed by atoms with Crippen LogP contribution in [-0.4, -0.2) is 45.9 Å². The standard InChI is InChI=1S/C11H18FNO4/c1-10(2,3)17-9(16)13-6-7(12)5-11(13,4)8(14)15/h7H,5-6H2,1-4H3,(H,14,15). The van der Waals surface area contributed by atoms with Crippen LogP contribution in [0.25, 0.3) is 0 Å². The fraction of sp³-hybridized carbons (Fsp3) is 0.818. The molecule has 5 nitrogen and oxygen atoms in total. The lowest BCUT2D eigenvalue weighted by molar-refractivity contribution is -0.148. The Morgan fingerprint density at radius 3 is 2.41 bits per heavy atom. The van der Waals surface area contributed by atoms with Gasteiger partial charge in [0.15, 0.2) is 0 Å². The second-order valence-electron chi connectivity index (χ2n) is 5.47. The summed E-state index contributed by atoms with van der Waals surface area (Å²) < 4.78 is 18.4. The molecule has 2 unspecified atom stereocenters. The summed E-state index contributed by atoms with van der Waals surface area (Å²) >= 11 is 0. The van der Waals surface area contributed by atoms with E-state index in [0.717, 1.165) is 4.90 Å². The predicted molar refractivity (Wildman–Crippen MR) is 58.5 cm³/mol. The Balaban J connectivity index is 2.88. The molecule has 0 saturated carbocycles. The summed E-state index contributed by atoms with van der Waals surface area (Å²) in [6.45, 7) is 6.11. The van der Waals surface area contributed by atoms with Gasteiger partial charge in [0, 0.05) is 6.42 Å². The van der Waals surface area contributed by atoms with Crippen LogP contribution in [0, 0.1) is 0 Å². The zero-order chi connectivity index (χ0) is 13.4. The highest BCUT2D eigenvalue weighted by Crippen LogP contribution is 2.32. The average Bonchev–Trinajstić information content (AvgIpc) is 2.40. The molecule has 0 aromatic carbocycles. The minimum absolute atomic E-state index is 0.207. The van der Waals surface area contributed by atoms with Crippen molar-refractivity contribution < 1.29 is 23.8 Å². The van der Waals surface area contributed by atoms with Gasteiger partial charge in [-0.1, -0.05) is 0 Å². The third kappa shape index (κ3) is 2.87. The van der Waals surface area contributed by atoms with Gasteiger partial charge < -0.3 is 9.84 Å². The van der Waals surface area contributed by atoms with Gasteiger partial charge in [0.05, 0.1) is 6.54 Å². The number of carbonyl (C=O) groups is 2. The number of halogens is 1. The first-order chi connectivity index (χ1) is 7.56. The van der Waals surface area contributed by atoms with E-state index in [2.05, 4.69) is 0 Å². The van der Waals surface area contributed by atoms with Crippen LogP contribution in [0.4, 0.5) is 9.18 Å². The van der Waals surface area contributed by atoms with Crippen LogP contribution >= 0.6 is 0 Å². The van der Waals surface area contributed by atoms with Crippen LogP contribution in [0.2, 0.25) is 0 Å². The zero-order valence-corrected chi connectivity index (χ0v) is 10.5. The molecule has 0 aliphatic carbocycles. The quantitative estimate of drug-likeness (QED) is 0.767. The van der Waals surface area contributed by atoms with Crippen molar-refractivity contribution in [3.05, 3.63) is 0 Å². The van der Waals surface area contributed by atoms with Crippen molar-refractivity contribution >= 4 is 12.1 Å². The molecular formula is C11H18FNO4. The molecule has 0 aromatic rings. The molecule has 1 aliphatic heterocycles. The van der Waals surface area contributed by atoms with Crippen molar-refractivity contribution in [2.45, 2.75) is 51.4 Å². The Kier molecular flexibility index (Phi) is 3.36. The molecule has 1 N–H and O–H groups in total. The number of nitrogens with zero attached hydrogens (tertiary/aromatic N) is 1. The van der Waals surface area contributed by atoms with Gasteiger partial charge in [-0.2, -0.15) is 0 Å². The maximum atomic E-state index is 13.3. The highest BCUT2D eigenvalue weighted by atomic mass is 19.1. The van der Waals surface area contributed by atoms with Crippen molar-refractivity contribution in [3.63, 3.8) is 0 Å². The molecule has 0 bridgehead atoms. The van der Waals surface area contributed by atoms with E-state index in [-0.39, 0.29) is 13.0 Å². The molecule has 1 aliphatic rings. The Morgan fingerprint density at radius 1 is 1.47 bits per heavy atom. The molecule has 6 heteroatoms. The van der Waals surface area contributed by atoms with Crippen LogP contribution in [-0.2, 0) is 9.53 Å². The van der Waals surface area contributed by atoms with Crippen molar-refractivity contribution in [1.29, 1.82) is 0 Å². The van der Waals surface area contributed by atoms with E-state index in [1.54, 1.807) is 20.8 Å². The van der Waals surface area contributed by atoms with E-state index in [4.69, 9.17) is 9.84 Å². The van der Waals surface area contributed by atoms with Crippen LogP contribution in [0.1, 0.15) is 34.1 Å². The van der Waals surface area contributed by atoms with Gasteiger partial charge in [0.2, 0.25) is 0 Å². The number of carboxylic acids is 1. The number of aliphatic carboxylic acids is 1. The first-order valence-corrected chi connectivity index (χ1v) is 5.44. The number of hydrogen-bond acceptors (Lipinski definition) is 3. The summed E-state index contributed by atoms with van der Waals surface area (Å²) in [5.74, 6) is -1.22. The van der Waals surface area contributed by atoms with Gasteiger partial charge in [0.25, 0.3) is 0 Å². The molecule has 1 saturated heterocycles. The third-order valence-electron chi connectivity index (χ3n) is 2.67. The third-order valence-corrected chi connectivity index (χ3v) is 2.67. The number of hydrogen-bond donors (Lipinski definition) is 1. The molecule has 1 amide bonds. The largest absolute Gasteiger partial charge is 0.480 e. The number of likely N-dealkylation sites (tertiary alicyclic amines) is 1. The monoisotopic (exact) mass is 247 g/mol. The summed E-state index contributed by atoms with van der Waals surface area (Å²) in [7, 11) is 0. The predicted octanol–water partition coefficient (Wildman–Crippen LogP) is 1.81. The van der Waals surface area contributed by atoms with Crippen molar-refractivity contribution in [1.82, 2.24) is 4.90 Å². The molecule has 1 fully saturated rings. The molecule has 1 heterocycles. The molecule has 98 valence electrons. The van der Waals surface area contributed by atoms with Gasteiger partial charge >= 0.3 is 12.1 Å². The Hall–Kier alpha value is -1.33. The van der Waals surface area contributed by atoms with E-state index in [9.17, 15) is 14.0 Å². The summed E-state index contributed by atoms with van der Waals surface area (Å²) in [6.07, 6.45) is -2.33. The molecular weight excluding hydrogens is 229 g/mol. The van der Waals surface area contributed by atoms with Gasteiger partial charge in [-0.3, -0.25) is 4.90 Å². The van der Waals surface area contributed by atoms with Crippen molar-refractivity contribution in [3.8, 4) is 0 Å². The van der Waals surface area contributed by atoms with Crippen molar-refractivity contribution in [2.75, 3.05) is 6.54 Å². The first kappa shape index (κ1) is 13.7. The minimum atomic E-state index is -1.53. The zero-order valence-electron chi connectivity index (χ0n) is 10.5. The van der Waals surface area contributed by atoms with E-state index in [1.165, 1.54) is 6.92 Å². The smallest absolute Gasteiger partial charge is 0.411 e. The van der Waals surface area contributed by atoms with Gasteiger partial charge in [0.1, 0.15) is 17.3 Å². The maximum absolute atomic E-state index is 13.3. The van der Waals surface area contributed by atoms with E-state index in [1.807, 2.05) is 0 Å². The summed E-state index contributed by atoms with van der Waals surface area (Å²) in [6, 6.07) is 0. The summed E-state index contributed by atoms with van der Waals surface area (Å²) in [5, 5.41) is 9.09. The van der Waals surface area contributed by atoms with Crippen LogP contribution < -0.4 is 0 Å². The number of carboxylic acid groups (broad SMARTS) is 1. The van der Waals surface area contributed by atoms with Gasteiger partial charge in [-0.05, 0) is 27.7 Å². The lowest BCUT2D eigenvalue weighted by atomic mass is 9.99. The second-order valence-corrected chi connectivity index (χ2v) is 5.47. The fourth-order valence-electron chi connectivity index (χ4n) is 1.80. The number of ether oxygens (including phenoxy) is 1. The SMILES string of the molecule is CC(C)(C)OC(=O)N1CC(F)CC1(C)C(=O)O. The minimum Gasteiger partial charge on any atom is -0.480 e. The summed E-state index contributed by atoms with van der Waals surface area (Å²) in [4.78, 5) is 23.9. The normalized spacial score (nSPS) is 29.2. The molecule has 17 heavy (non-hydrogen) atoms. The highest BCUT2D eigenvalue weighted by Gasteiger charge is 2.51. The number of rotatable bonds is 1. The lowest BCUT2D eigenvalue weighted by Crippen LogP contribution is -2.52. The molecule has 2 atom stereocenters. The Labute approximate surface area is 99.5 Å². The average molecular weight is 247 g/mol. The topological polar surface area (TPSA) is 66.8 Å². The van der Waals surface area contributed by atoms with E-state index < -0.39 is 29.4 Å². The number of amides is 1. The maximum Gasteiger partial charge on any atom is 0.411 e. The van der Waals surface area contributed by atoms with Crippen molar-refractivity contribution in [2.24, 2.45) is 0 Å². The van der Waals surface area contributed by atoms with Crippen LogP contribution in [0.3, 0.4) is 0 Å². The molecule has 1 rings (SSSR count). The Morgan fingerprint density at radius 2 is 2.00 bits per heavy atom. The van der Waals surface area contributed by atoms with Gasteiger partial charge in [-0.25, -0.2) is 14.0 Å². The molecule has 0 spiro atoms. The first-order valence-electron chi connectivity index (χ1n) is 5.44. The molecule has 0 aromatic heterocycles. The highest BCUT2D eigenvalue weighted by molar-refractivity contribution is 5.85. The second kappa shape index (κ2) is 4.16. The van der Waals surface area contributed by atoms with E-state index in [0.29, 0.717) is 0 Å². The summed E-state index contributed by atoms with van der Waals surface area (Å²) in [5.41, 5.74) is -2.26. The van der Waals surface area contributed by atoms with E-state index >= 15 is 0 Å². The lowest BCUT2D eigenvalue weighted by Gasteiger charge is -2.32.